The minimum Gasteiger partial charge on any atom is -0.317 e. The number of benzene rings is 1. The molecule has 0 radical (unpaired) electrons. The fourth-order valence-electron chi connectivity index (χ4n) is 3.95. The van der Waals surface area contributed by atoms with Crippen molar-refractivity contribution in [3.8, 4) is 0 Å². The van der Waals surface area contributed by atoms with E-state index in [-0.39, 0.29) is 0 Å². The fraction of sp³-hybridized carbons (Fsp3) is 0.714. The number of rotatable bonds is 4. The summed E-state index contributed by atoms with van der Waals surface area (Å²) in [5.41, 5.74) is 3.07. The lowest BCUT2D eigenvalue weighted by atomic mass is 9.87. The predicted octanol–water partition coefficient (Wildman–Crippen LogP) is 4.45. The van der Waals surface area contributed by atoms with E-state index < -0.39 is 0 Å². The monoisotopic (exact) mass is 316 g/mol. The highest BCUT2D eigenvalue weighted by atomic mass is 15.1. The van der Waals surface area contributed by atoms with Crippen LogP contribution in [0.4, 0.5) is 0 Å². The van der Waals surface area contributed by atoms with Gasteiger partial charge in [-0.1, -0.05) is 45.0 Å². The van der Waals surface area contributed by atoms with E-state index in [1.807, 2.05) is 13.8 Å². The van der Waals surface area contributed by atoms with Crippen LogP contribution in [0.5, 0.6) is 0 Å². The smallest absolute Gasteiger partial charge is 0.00106 e. The Balaban J connectivity index is 0.000000924. The molecule has 0 amide bonds. The van der Waals surface area contributed by atoms with Gasteiger partial charge in [-0.15, -0.1) is 0 Å². The van der Waals surface area contributed by atoms with Gasteiger partial charge in [0, 0.05) is 6.54 Å². The number of piperidine rings is 2. The molecule has 1 aromatic carbocycles. The van der Waals surface area contributed by atoms with Gasteiger partial charge < -0.3 is 10.2 Å². The molecule has 2 aliphatic rings. The molecule has 2 fully saturated rings. The van der Waals surface area contributed by atoms with Gasteiger partial charge in [0.1, 0.15) is 0 Å². The van der Waals surface area contributed by atoms with Gasteiger partial charge in [-0.2, -0.15) is 0 Å². The summed E-state index contributed by atoms with van der Waals surface area (Å²) in [6.45, 7) is 12.6. The van der Waals surface area contributed by atoms with E-state index in [0.29, 0.717) is 0 Å². The summed E-state index contributed by atoms with van der Waals surface area (Å²) in [7, 11) is 0. The van der Waals surface area contributed by atoms with Crippen LogP contribution in [0, 0.1) is 5.92 Å². The highest BCUT2D eigenvalue weighted by Gasteiger charge is 2.23. The van der Waals surface area contributed by atoms with E-state index >= 15 is 0 Å². The van der Waals surface area contributed by atoms with Crippen molar-refractivity contribution in [1.29, 1.82) is 0 Å². The summed E-state index contributed by atoms with van der Waals surface area (Å²) >= 11 is 0. The molecule has 2 aliphatic heterocycles. The fourth-order valence-corrected chi connectivity index (χ4v) is 3.95. The van der Waals surface area contributed by atoms with Crippen LogP contribution in [0.1, 0.15) is 63.5 Å². The molecule has 130 valence electrons. The standard InChI is InChI=1S/C19H30N2.C2H6/c1-2-16-4-3-5-19(14-16)18-8-12-21(13-9-18)15-17-6-10-20-11-7-17;1-2/h3-5,14,17-18,20H,2,6-13,15H2,1H3;1-2H3. The molecule has 2 saturated heterocycles. The summed E-state index contributed by atoms with van der Waals surface area (Å²) in [5.74, 6) is 1.73. The third kappa shape index (κ3) is 5.61. The summed E-state index contributed by atoms with van der Waals surface area (Å²) < 4.78 is 0. The maximum absolute atomic E-state index is 3.47. The SMILES string of the molecule is CC.CCc1cccc(C2CCN(CC3CCNCC3)CC2)c1. The van der Waals surface area contributed by atoms with Gasteiger partial charge in [0.05, 0.1) is 0 Å². The maximum Gasteiger partial charge on any atom is 0.00106 e. The average Bonchev–Trinajstić information content (AvgIpc) is 2.65. The molecule has 0 unspecified atom stereocenters. The number of hydrogen-bond acceptors (Lipinski definition) is 2. The van der Waals surface area contributed by atoms with Crippen molar-refractivity contribution in [2.45, 2.75) is 58.8 Å². The Morgan fingerprint density at radius 3 is 2.39 bits per heavy atom. The number of aryl methyl sites for hydroxylation is 1. The number of hydrogen-bond donors (Lipinski definition) is 1. The van der Waals surface area contributed by atoms with Crippen molar-refractivity contribution in [3.05, 3.63) is 35.4 Å². The zero-order chi connectivity index (χ0) is 16.5. The van der Waals surface area contributed by atoms with E-state index in [4.69, 9.17) is 0 Å². The van der Waals surface area contributed by atoms with E-state index in [1.54, 1.807) is 5.56 Å². The van der Waals surface area contributed by atoms with Gasteiger partial charge in [-0.05, 0) is 81.2 Å². The van der Waals surface area contributed by atoms with E-state index in [9.17, 15) is 0 Å². The first-order valence-electron chi connectivity index (χ1n) is 9.87. The van der Waals surface area contributed by atoms with Crippen LogP contribution < -0.4 is 5.32 Å². The zero-order valence-corrected chi connectivity index (χ0v) is 15.5. The lowest BCUT2D eigenvalue weighted by Crippen LogP contribution is -2.39. The van der Waals surface area contributed by atoms with Gasteiger partial charge in [0.15, 0.2) is 0 Å². The van der Waals surface area contributed by atoms with Gasteiger partial charge in [0.2, 0.25) is 0 Å². The Morgan fingerprint density at radius 2 is 1.74 bits per heavy atom. The zero-order valence-electron chi connectivity index (χ0n) is 15.5. The Morgan fingerprint density at radius 1 is 1.04 bits per heavy atom. The topological polar surface area (TPSA) is 15.3 Å². The van der Waals surface area contributed by atoms with E-state index in [0.717, 1.165) is 18.3 Å². The first kappa shape index (κ1) is 18.5. The second kappa shape index (κ2) is 10.1. The van der Waals surface area contributed by atoms with Crippen molar-refractivity contribution in [2.75, 3.05) is 32.7 Å². The van der Waals surface area contributed by atoms with E-state index in [1.165, 1.54) is 64.0 Å². The van der Waals surface area contributed by atoms with Crippen molar-refractivity contribution in [1.82, 2.24) is 10.2 Å². The van der Waals surface area contributed by atoms with E-state index in [2.05, 4.69) is 41.4 Å². The minimum absolute atomic E-state index is 0.792. The summed E-state index contributed by atoms with van der Waals surface area (Å²) in [6.07, 6.45) is 6.59. The van der Waals surface area contributed by atoms with Gasteiger partial charge in [-0.3, -0.25) is 0 Å². The molecule has 2 heteroatoms. The molecule has 3 rings (SSSR count). The maximum atomic E-state index is 3.47. The second-order valence-corrected chi connectivity index (χ2v) is 6.87. The molecule has 0 spiro atoms. The van der Waals surface area contributed by atoms with Crippen LogP contribution in [-0.2, 0) is 6.42 Å². The lowest BCUT2D eigenvalue weighted by molar-refractivity contribution is 0.167. The molecule has 0 aromatic heterocycles. The Bertz CT molecular complexity index is 429. The summed E-state index contributed by atoms with van der Waals surface area (Å²) in [6, 6.07) is 9.28. The second-order valence-electron chi connectivity index (χ2n) is 6.87. The molecule has 2 nitrogen and oxygen atoms in total. The first-order valence-corrected chi connectivity index (χ1v) is 9.87. The largest absolute Gasteiger partial charge is 0.317 e. The third-order valence-corrected chi connectivity index (χ3v) is 5.39. The van der Waals surface area contributed by atoms with Crippen LogP contribution in [0.25, 0.3) is 0 Å². The molecule has 0 saturated carbocycles. The molecule has 0 aliphatic carbocycles. The normalized spacial score (nSPS) is 20.8. The van der Waals surface area contributed by atoms with Crippen LogP contribution in [0.15, 0.2) is 24.3 Å². The van der Waals surface area contributed by atoms with Gasteiger partial charge >= 0.3 is 0 Å². The van der Waals surface area contributed by atoms with Gasteiger partial charge in [-0.25, -0.2) is 0 Å². The van der Waals surface area contributed by atoms with Crippen molar-refractivity contribution >= 4 is 0 Å². The van der Waals surface area contributed by atoms with Crippen LogP contribution >= 0.6 is 0 Å². The Kier molecular flexibility index (Phi) is 8.11. The predicted molar refractivity (Wildman–Crippen MR) is 101 cm³/mol. The molecule has 0 atom stereocenters. The van der Waals surface area contributed by atoms with Crippen LogP contribution in [-0.4, -0.2) is 37.6 Å². The molecule has 1 N–H and O–H groups in total. The molecular formula is C21H36N2. The highest BCUT2D eigenvalue weighted by molar-refractivity contribution is 5.26. The number of likely N-dealkylation sites (tertiary alicyclic amines) is 1. The summed E-state index contributed by atoms with van der Waals surface area (Å²) in [5, 5.41) is 3.47. The quantitative estimate of drug-likeness (QED) is 0.882. The Hall–Kier alpha value is -0.860. The average molecular weight is 317 g/mol. The first-order chi connectivity index (χ1) is 11.3. The lowest BCUT2D eigenvalue weighted by Gasteiger charge is -2.35. The van der Waals surface area contributed by atoms with Crippen molar-refractivity contribution in [3.63, 3.8) is 0 Å². The van der Waals surface area contributed by atoms with Crippen LogP contribution in [0.3, 0.4) is 0 Å². The molecular weight excluding hydrogens is 280 g/mol. The molecule has 2 heterocycles. The highest BCUT2D eigenvalue weighted by Crippen LogP contribution is 2.29. The summed E-state index contributed by atoms with van der Waals surface area (Å²) in [4.78, 5) is 2.72. The third-order valence-electron chi connectivity index (χ3n) is 5.39. The number of nitrogens with zero attached hydrogens (tertiary/aromatic N) is 1. The molecule has 23 heavy (non-hydrogen) atoms. The van der Waals surface area contributed by atoms with Crippen molar-refractivity contribution < 1.29 is 0 Å². The van der Waals surface area contributed by atoms with Gasteiger partial charge in [0.25, 0.3) is 0 Å². The minimum atomic E-state index is 0.792. The molecule has 1 aromatic rings. The number of nitrogens with one attached hydrogen (secondary N) is 1. The van der Waals surface area contributed by atoms with Crippen LogP contribution in [0.2, 0.25) is 0 Å². The Labute approximate surface area is 143 Å². The van der Waals surface area contributed by atoms with Crippen molar-refractivity contribution in [2.24, 2.45) is 5.92 Å². The molecule has 0 bridgehead atoms.